The molecule has 0 fully saturated rings. The average molecular weight is 273 g/mol. The molecule has 0 saturated heterocycles. The molecule has 1 aromatic carbocycles. The van der Waals surface area contributed by atoms with Crippen molar-refractivity contribution in [3.8, 4) is 5.75 Å². The Morgan fingerprint density at radius 2 is 2.17 bits per heavy atom. The second-order valence-corrected chi connectivity index (χ2v) is 3.96. The van der Waals surface area contributed by atoms with Gasteiger partial charge in [0.25, 0.3) is 0 Å². The van der Waals surface area contributed by atoms with Gasteiger partial charge in [-0.25, -0.2) is 4.79 Å². The van der Waals surface area contributed by atoms with E-state index in [1.54, 1.807) is 13.1 Å². The number of hydrogen-bond donors (Lipinski definition) is 1. The minimum absolute atomic E-state index is 0. The number of carbonyl (C=O) groups excluding carboxylic acids is 1. The van der Waals surface area contributed by atoms with Crippen LogP contribution in [0.1, 0.15) is 25.5 Å². The van der Waals surface area contributed by atoms with Crippen molar-refractivity contribution in [1.29, 1.82) is 0 Å². The molecule has 1 amide bonds. The van der Waals surface area contributed by atoms with Crippen LogP contribution < -0.4 is 10.1 Å². The molecule has 0 radical (unpaired) electrons. The Morgan fingerprint density at radius 1 is 1.50 bits per heavy atom. The van der Waals surface area contributed by atoms with Gasteiger partial charge in [0.05, 0.1) is 0 Å². The summed E-state index contributed by atoms with van der Waals surface area (Å²) >= 11 is 0. The van der Waals surface area contributed by atoms with E-state index in [1.807, 2.05) is 32.2 Å². The largest absolute Gasteiger partial charge is 0.414 e. The summed E-state index contributed by atoms with van der Waals surface area (Å²) in [5, 5.41) is 3.14. The van der Waals surface area contributed by atoms with Crippen LogP contribution in [0.15, 0.2) is 24.3 Å². The zero-order chi connectivity index (χ0) is 12.8. The fourth-order valence-electron chi connectivity index (χ4n) is 1.32. The van der Waals surface area contributed by atoms with E-state index < -0.39 is 0 Å². The first-order valence-corrected chi connectivity index (χ1v) is 5.78. The lowest BCUT2D eigenvalue weighted by atomic mass is 10.1. The lowest BCUT2D eigenvalue weighted by Crippen LogP contribution is -2.29. The zero-order valence-electron chi connectivity index (χ0n) is 11.3. The van der Waals surface area contributed by atoms with E-state index in [-0.39, 0.29) is 24.5 Å². The van der Waals surface area contributed by atoms with Crippen molar-refractivity contribution in [3.63, 3.8) is 0 Å². The molecule has 0 aliphatic carbocycles. The molecule has 1 aromatic rings. The maximum absolute atomic E-state index is 11.6. The van der Waals surface area contributed by atoms with E-state index in [2.05, 4.69) is 12.2 Å². The minimum atomic E-state index is -0.332. The van der Waals surface area contributed by atoms with Gasteiger partial charge in [-0.05, 0) is 38.6 Å². The van der Waals surface area contributed by atoms with Crippen molar-refractivity contribution in [2.75, 3.05) is 20.6 Å². The van der Waals surface area contributed by atoms with Crippen LogP contribution in [0.25, 0.3) is 0 Å². The van der Waals surface area contributed by atoms with Crippen molar-refractivity contribution >= 4 is 18.5 Å². The molecule has 0 aliphatic heterocycles. The third-order valence-electron chi connectivity index (χ3n) is 2.78. The fourth-order valence-corrected chi connectivity index (χ4v) is 1.32. The highest BCUT2D eigenvalue weighted by Gasteiger charge is 2.10. The van der Waals surface area contributed by atoms with E-state index in [0.29, 0.717) is 12.3 Å². The Kier molecular flexibility index (Phi) is 7.39. The normalized spacial score (nSPS) is 11.3. The molecule has 1 atom stereocenters. The number of nitrogens with one attached hydrogen (secondary N) is 1. The second kappa shape index (κ2) is 7.95. The Morgan fingerprint density at radius 3 is 2.72 bits per heavy atom. The van der Waals surface area contributed by atoms with Crippen LogP contribution in [0.4, 0.5) is 4.79 Å². The predicted octanol–water partition coefficient (Wildman–Crippen LogP) is 2.84. The summed E-state index contributed by atoms with van der Waals surface area (Å²) in [5.74, 6) is 0.579. The van der Waals surface area contributed by atoms with Crippen molar-refractivity contribution in [3.05, 3.63) is 29.8 Å². The number of rotatable bonds is 4. The molecule has 0 unspecified atom stereocenters. The van der Waals surface area contributed by atoms with Crippen LogP contribution >= 0.6 is 12.4 Å². The maximum atomic E-state index is 11.6. The molecule has 1 N–H and O–H groups in total. The number of ether oxygens (including phenoxy) is 1. The van der Waals surface area contributed by atoms with Crippen LogP contribution in [0.5, 0.6) is 5.75 Å². The molecule has 0 aliphatic rings. The summed E-state index contributed by atoms with van der Waals surface area (Å²) in [6, 6.07) is 7.79. The predicted molar refractivity (Wildman–Crippen MR) is 75.5 cm³/mol. The molecule has 0 saturated carbocycles. The molecule has 1 rings (SSSR count). The van der Waals surface area contributed by atoms with Crippen LogP contribution in [0.2, 0.25) is 0 Å². The van der Waals surface area contributed by atoms with Crippen LogP contribution in [0.3, 0.4) is 0 Å². The van der Waals surface area contributed by atoms with Crippen molar-refractivity contribution in [2.45, 2.75) is 19.9 Å². The first-order valence-electron chi connectivity index (χ1n) is 5.78. The van der Waals surface area contributed by atoms with Gasteiger partial charge in [0.2, 0.25) is 0 Å². The zero-order valence-corrected chi connectivity index (χ0v) is 12.1. The van der Waals surface area contributed by atoms with Gasteiger partial charge < -0.3 is 15.0 Å². The van der Waals surface area contributed by atoms with E-state index >= 15 is 0 Å². The highest BCUT2D eigenvalue weighted by atomic mass is 35.5. The molecular weight excluding hydrogens is 252 g/mol. The number of halogens is 1. The number of amides is 1. The average Bonchev–Trinajstić information content (AvgIpc) is 2.37. The van der Waals surface area contributed by atoms with E-state index in [4.69, 9.17) is 4.74 Å². The molecule has 4 nitrogen and oxygen atoms in total. The summed E-state index contributed by atoms with van der Waals surface area (Å²) in [7, 11) is 3.61. The topological polar surface area (TPSA) is 41.6 Å². The van der Waals surface area contributed by atoms with E-state index in [0.717, 1.165) is 5.56 Å². The van der Waals surface area contributed by atoms with Gasteiger partial charge in [-0.2, -0.15) is 0 Å². The molecule has 0 heterocycles. The Hall–Kier alpha value is -1.26. The Bertz CT molecular complexity index is 385. The third-order valence-corrected chi connectivity index (χ3v) is 2.78. The van der Waals surface area contributed by atoms with Gasteiger partial charge in [-0.15, -0.1) is 12.4 Å². The monoisotopic (exact) mass is 272 g/mol. The number of benzene rings is 1. The summed E-state index contributed by atoms with van der Waals surface area (Å²) in [4.78, 5) is 13.1. The van der Waals surface area contributed by atoms with E-state index in [1.165, 1.54) is 4.90 Å². The Labute approximate surface area is 115 Å². The molecule has 0 spiro atoms. The van der Waals surface area contributed by atoms with Crippen molar-refractivity contribution in [1.82, 2.24) is 10.2 Å². The summed E-state index contributed by atoms with van der Waals surface area (Å²) in [6.45, 7) is 4.59. The SMILES string of the molecule is CCN(C)C(=O)Oc1cccc([C@H](C)NC)c1.Cl. The minimum Gasteiger partial charge on any atom is -0.410 e. The smallest absolute Gasteiger partial charge is 0.410 e. The van der Waals surface area contributed by atoms with Crippen molar-refractivity contribution < 1.29 is 9.53 Å². The second-order valence-electron chi connectivity index (χ2n) is 3.96. The maximum Gasteiger partial charge on any atom is 0.414 e. The highest BCUT2D eigenvalue weighted by Crippen LogP contribution is 2.19. The molecule has 5 heteroatoms. The lowest BCUT2D eigenvalue weighted by Gasteiger charge is -2.15. The quantitative estimate of drug-likeness (QED) is 0.916. The number of nitrogens with zero attached hydrogens (tertiary/aromatic N) is 1. The third kappa shape index (κ3) is 4.55. The number of hydrogen-bond acceptors (Lipinski definition) is 3. The molecular formula is C13H21ClN2O2. The van der Waals surface area contributed by atoms with Gasteiger partial charge in [-0.3, -0.25) is 0 Å². The number of carbonyl (C=O) groups is 1. The van der Waals surface area contributed by atoms with Gasteiger partial charge in [0.15, 0.2) is 0 Å². The van der Waals surface area contributed by atoms with Gasteiger partial charge >= 0.3 is 6.09 Å². The molecule has 102 valence electrons. The molecule has 0 bridgehead atoms. The van der Waals surface area contributed by atoms with Gasteiger partial charge in [0.1, 0.15) is 5.75 Å². The Balaban J connectivity index is 0.00000289. The van der Waals surface area contributed by atoms with Crippen LogP contribution in [-0.2, 0) is 0 Å². The van der Waals surface area contributed by atoms with E-state index in [9.17, 15) is 4.79 Å². The lowest BCUT2D eigenvalue weighted by molar-refractivity contribution is 0.165. The van der Waals surface area contributed by atoms with Crippen LogP contribution in [-0.4, -0.2) is 31.6 Å². The fraction of sp³-hybridized carbons (Fsp3) is 0.462. The van der Waals surface area contributed by atoms with Gasteiger partial charge in [-0.1, -0.05) is 12.1 Å². The standard InChI is InChI=1S/C13H20N2O2.ClH/c1-5-15(4)13(16)17-12-8-6-7-11(9-12)10(2)14-3;/h6-10,14H,5H2,1-4H3;1H/t10-;/m0./s1. The first kappa shape index (κ1) is 16.7. The van der Waals surface area contributed by atoms with Crippen molar-refractivity contribution in [2.24, 2.45) is 0 Å². The van der Waals surface area contributed by atoms with Gasteiger partial charge in [0, 0.05) is 19.6 Å². The molecule has 0 aromatic heterocycles. The summed E-state index contributed by atoms with van der Waals surface area (Å²) in [5.41, 5.74) is 1.09. The summed E-state index contributed by atoms with van der Waals surface area (Å²) in [6.07, 6.45) is -0.332. The molecule has 18 heavy (non-hydrogen) atoms. The summed E-state index contributed by atoms with van der Waals surface area (Å²) < 4.78 is 5.26. The highest BCUT2D eigenvalue weighted by molar-refractivity contribution is 5.85. The van der Waals surface area contributed by atoms with Crippen LogP contribution in [0, 0.1) is 0 Å². The first-order chi connectivity index (χ1) is 8.08.